The van der Waals surface area contributed by atoms with Crippen LogP contribution in [0.25, 0.3) is 5.65 Å². The molecular weight excluding hydrogens is 466 g/mol. The van der Waals surface area contributed by atoms with Crippen molar-refractivity contribution in [3.05, 3.63) is 119 Å². The highest BCUT2D eigenvalue weighted by Gasteiger charge is 2.26. The summed E-state index contributed by atoms with van der Waals surface area (Å²) in [6.07, 6.45) is 8.96. The lowest BCUT2D eigenvalue weighted by atomic mass is 9.92. The van der Waals surface area contributed by atoms with Crippen molar-refractivity contribution in [1.29, 1.82) is 0 Å². The number of benzene rings is 2. The topological polar surface area (TPSA) is 64.2 Å². The molecule has 1 N–H and O–H groups in total. The van der Waals surface area contributed by atoms with Gasteiger partial charge in [0.1, 0.15) is 5.65 Å². The number of fused-ring (bicyclic) bond motifs is 2. The molecule has 0 saturated carbocycles. The number of nitrogens with one attached hydrogen (secondary N) is 1. The third kappa shape index (κ3) is 4.79. The van der Waals surface area contributed by atoms with Gasteiger partial charge in [0.05, 0.1) is 24.5 Å². The van der Waals surface area contributed by atoms with Crippen molar-refractivity contribution in [3.63, 3.8) is 0 Å². The molecule has 1 amide bonds. The average molecular weight is 494 g/mol. The standard InChI is InChI=1S/C29H27N5OS/c35-29(22-12-14-24(15-13-22)36-20-23-19-33-16-5-4-11-28(33)31-23)32-26-9-6-10-27-25(26)17-30-34(27)18-21-7-2-1-3-8-21/h1-5,7-8,11-17,19,26H,6,9-10,18,20H2,(H,32,35). The normalized spacial score (nSPS) is 15.1. The number of nitrogens with zero attached hydrogens (tertiary/aromatic N) is 4. The van der Waals surface area contributed by atoms with E-state index in [4.69, 9.17) is 0 Å². The van der Waals surface area contributed by atoms with E-state index in [9.17, 15) is 4.79 Å². The number of thioether (sulfide) groups is 1. The van der Waals surface area contributed by atoms with Crippen LogP contribution in [0, 0.1) is 0 Å². The van der Waals surface area contributed by atoms with Crippen LogP contribution in [0.15, 0.2) is 96.3 Å². The van der Waals surface area contributed by atoms with Crippen molar-refractivity contribution in [2.45, 2.75) is 42.5 Å². The van der Waals surface area contributed by atoms with Gasteiger partial charge in [-0.3, -0.25) is 9.48 Å². The Hall–Kier alpha value is -3.84. The summed E-state index contributed by atoms with van der Waals surface area (Å²) < 4.78 is 4.11. The SMILES string of the molecule is O=C(NC1CCCc2c1cnn2Cc1ccccc1)c1ccc(SCc2cn3ccccc3n2)cc1. The van der Waals surface area contributed by atoms with E-state index in [1.165, 1.54) is 11.3 Å². The van der Waals surface area contributed by atoms with Crippen LogP contribution in [-0.2, 0) is 18.7 Å². The zero-order valence-corrected chi connectivity index (χ0v) is 20.7. The largest absolute Gasteiger partial charge is 0.345 e. The van der Waals surface area contributed by atoms with E-state index >= 15 is 0 Å². The lowest BCUT2D eigenvalue weighted by molar-refractivity contribution is 0.0932. The zero-order chi connectivity index (χ0) is 24.3. The van der Waals surface area contributed by atoms with Gasteiger partial charge in [-0.15, -0.1) is 11.8 Å². The van der Waals surface area contributed by atoms with Crippen LogP contribution in [0.3, 0.4) is 0 Å². The third-order valence-corrected chi connectivity index (χ3v) is 7.71. The van der Waals surface area contributed by atoms with E-state index in [0.29, 0.717) is 5.56 Å². The number of hydrogen-bond donors (Lipinski definition) is 1. The van der Waals surface area contributed by atoms with Gasteiger partial charge in [-0.05, 0) is 61.2 Å². The van der Waals surface area contributed by atoms with Crippen molar-refractivity contribution in [2.24, 2.45) is 0 Å². The minimum atomic E-state index is -0.0411. The van der Waals surface area contributed by atoms with Gasteiger partial charge in [0.15, 0.2) is 0 Å². The summed E-state index contributed by atoms with van der Waals surface area (Å²) in [6, 6.07) is 24.2. The molecule has 3 heterocycles. The Balaban J connectivity index is 1.09. The highest BCUT2D eigenvalue weighted by molar-refractivity contribution is 7.98. The van der Waals surface area contributed by atoms with Crippen LogP contribution < -0.4 is 5.32 Å². The van der Waals surface area contributed by atoms with Crippen LogP contribution in [0.1, 0.15) is 51.8 Å². The smallest absolute Gasteiger partial charge is 0.251 e. The fraction of sp³-hybridized carbons (Fsp3) is 0.207. The predicted molar refractivity (Wildman–Crippen MR) is 142 cm³/mol. The quantitative estimate of drug-likeness (QED) is 0.296. The number of rotatable bonds is 7. The highest BCUT2D eigenvalue weighted by atomic mass is 32.2. The van der Waals surface area contributed by atoms with Gasteiger partial charge in [-0.2, -0.15) is 5.10 Å². The maximum Gasteiger partial charge on any atom is 0.251 e. The Labute approximate surface area is 214 Å². The van der Waals surface area contributed by atoms with Crippen LogP contribution in [-0.4, -0.2) is 25.1 Å². The Bertz CT molecular complexity index is 1460. The number of amides is 1. The summed E-state index contributed by atoms with van der Waals surface area (Å²) in [5, 5.41) is 7.90. The van der Waals surface area contributed by atoms with Crippen molar-refractivity contribution in [1.82, 2.24) is 24.5 Å². The van der Waals surface area contributed by atoms with Crippen LogP contribution >= 0.6 is 11.8 Å². The summed E-state index contributed by atoms with van der Waals surface area (Å²) in [6.45, 7) is 0.755. The van der Waals surface area contributed by atoms with Gasteiger partial charge in [0, 0.05) is 39.9 Å². The molecule has 6 nitrogen and oxygen atoms in total. The van der Waals surface area contributed by atoms with Crippen molar-refractivity contribution >= 4 is 23.3 Å². The Morgan fingerprint density at radius 2 is 1.86 bits per heavy atom. The molecule has 5 aromatic rings. The molecule has 1 unspecified atom stereocenters. The molecule has 180 valence electrons. The van der Waals surface area contributed by atoms with Crippen LogP contribution in [0.4, 0.5) is 0 Å². The Morgan fingerprint density at radius 1 is 1.03 bits per heavy atom. The molecule has 0 saturated heterocycles. The number of hydrogen-bond acceptors (Lipinski definition) is 4. The lowest BCUT2D eigenvalue weighted by Crippen LogP contribution is -2.31. The molecule has 0 bridgehead atoms. The number of imidazole rings is 1. The molecule has 1 atom stereocenters. The summed E-state index contributed by atoms with van der Waals surface area (Å²) >= 11 is 1.72. The molecule has 2 aromatic carbocycles. The molecule has 1 aliphatic rings. The number of pyridine rings is 1. The van der Waals surface area contributed by atoms with E-state index in [2.05, 4.69) is 50.5 Å². The van der Waals surface area contributed by atoms with Gasteiger partial charge < -0.3 is 9.72 Å². The second kappa shape index (κ2) is 10.0. The molecule has 3 aromatic heterocycles. The summed E-state index contributed by atoms with van der Waals surface area (Å²) in [5.74, 6) is 0.742. The maximum atomic E-state index is 13.1. The van der Waals surface area contributed by atoms with Crippen LogP contribution in [0.5, 0.6) is 0 Å². The number of carbonyl (C=O) groups is 1. The van der Waals surface area contributed by atoms with Gasteiger partial charge in [-0.25, -0.2) is 4.98 Å². The minimum Gasteiger partial charge on any atom is -0.345 e. The second-order valence-corrected chi connectivity index (χ2v) is 10.2. The first-order valence-corrected chi connectivity index (χ1v) is 13.3. The van der Waals surface area contributed by atoms with Gasteiger partial charge in [-0.1, -0.05) is 36.4 Å². The first-order valence-electron chi connectivity index (χ1n) is 12.3. The van der Waals surface area contributed by atoms with Crippen molar-refractivity contribution in [2.75, 3.05) is 0 Å². The molecule has 0 spiro atoms. The van der Waals surface area contributed by atoms with Crippen molar-refractivity contribution < 1.29 is 4.79 Å². The Morgan fingerprint density at radius 3 is 2.69 bits per heavy atom. The monoisotopic (exact) mass is 493 g/mol. The molecule has 0 aliphatic heterocycles. The average Bonchev–Trinajstić information content (AvgIpc) is 3.53. The third-order valence-electron chi connectivity index (χ3n) is 6.66. The van der Waals surface area contributed by atoms with Gasteiger partial charge in [0.2, 0.25) is 0 Å². The number of aromatic nitrogens is 4. The van der Waals surface area contributed by atoms with Gasteiger partial charge in [0.25, 0.3) is 5.91 Å². The van der Waals surface area contributed by atoms with Crippen LogP contribution in [0.2, 0.25) is 0 Å². The molecule has 7 heteroatoms. The first-order chi connectivity index (χ1) is 17.7. The van der Waals surface area contributed by atoms with E-state index in [0.717, 1.165) is 53.4 Å². The lowest BCUT2D eigenvalue weighted by Gasteiger charge is -2.24. The fourth-order valence-corrected chi connectivity index (χ4v) is 5.60. The molecule has 0 fully saturated rings. The zero-order valence-electron chi connectivity index (χ0n) is 19.9. The summed E-state index contributed by atoms with van der Waals surface area (Å²) in [4.78, 5) is 18.8. The van der Waals surface area contributed by atoms with E-state index in [-0.39, 0.29) is 11.9 Å². The molecule has 36 heavy (non-hydrogen) atoms. The Kier molecular flexibility index (Phi) is 6.30. The molecule has 0 radical (unpaired) electrons. The summed E-state index contributed by atoms with van der Waals surface area (Å²) in [7, 11) is 0. The molecule has 6 rings (SSSR count). The maximum absolute atomic E-state index is 13.1. The molecular formula is C29H27N5OS. The minimum absolute atomic E-state index is 0.00475. The van der Waals surface area contributed by atoms with E-state index in [1.54, 1.807) is 11.8 Å². The second-order valence-electron chi connectivity index (χ2n) is 9.12. The van der Waals surface area contributed by atoms with E-state index in [1.807, 2.05) is 65.3 Å². The highest BCUT2D eigenvalue weighted by Crippen LogP contribution is 2.30. The van der Waals surface area contributed by atoms with E-state index < -0.39 is 0 Å². The number of carbonyl (C=O) groups excluding carboxylic acids is 1. The molecule has 1 aliphatic carbocycles. The van der Waals surface area contributed by atoms with Gasteiger partial charge >= 0.3 is 0 Å². The summed E-state index contributed by atoms with van der Waals surface area (Å²) in [5.41, 5.74) is 6.27. The first kappa shape index (κ1) is 22.6. The van der Waals surface area contributed by atoms with Crippen molar-refractivity contribution in [3.8, 4) is 0 Å². The predicted octanol–water partition coefficient (Wildman–Crippen LogP) is 5.68. The fourth-order valence-electron chi connectivity index (χ4n) is 4.82.